The topological polar surface area (TPSA) is 85.2 Å². The van der Waals surface area contributed by atoms with E-state index in [1.165, 1.54) is 19.3 Å². The molecule has 2 atom stereocenters. The molecule has 0 bridgehead atoms. The van der Waals surface area contributed by atoms with Crippen molar-refractivity contribution in [2.75, 3.05) is 13.2 Å². The highest BCUT2D eigenvalue weighted by atomic mass is 79.9. The Bertz CT molecular complexity index is 643. The van der Waals surface area contributed by atoms with Crippen molar-refractivity contribution in [3.05, 3.63) is 45.8 Å². The molecular formula is C21H29BrO6. The molecule has 6 nitrogen and oxygen atoms in total. The summed E-state index contributed by atoms with van der Waals surface area (Å²) >= 11 is 3.38. The number of benzene rings is 1. The molecule has 28 heavy (non-hydrogen) atoms. The maximum Gasteiger partial charge on any atom is 0.378 e. The number of hydrogen-bond donors (Lipinski definition) is 2. The first-order valence-corrected chi connectivity index (χ1v) is 10.6. The summed E-state index contributed by atoms with van der Waals surface area (Å²) < 4.78 is 17.6. The number of carbonyl (C=O) groups is 1. The lowest BCUT2D eigenvalue weighted by Gasteiger charge is -2.18. The quantitative estimate of drug-likeness (QED) is 0.346. The molecule has 0 aliphatic carbocycles. The van der Waals surface area contributed by atoms with Crippen molar-refractivity contribution in [3.8, 4) is 0 Å². The number of hydrogen-bond acceptors (Lipinski definition) is 6. The van der Waals surface area contributed by atoms with Crippen molar-refractivity contribution in [1.29, 1.82) is 0 Å². The Morgan fingerprint density at radius 2 is 1.79 bits per heavy atom. The predicted molar refractivity (Wildman–Crippen MR) is 108 cm³/mol. The van der Waals surface area contributed by atoms with Crippen molar-refractivity contribution in [2.45, 2.75) is 64.3 Å². The van der Waals surface area contributed by atoms with Crippen LogP contribution in [0.5, 0.6) is 0 Å². The van der Waals surface area contributed by atoms with Gasteiger partial charge in [0.2, 0.25) is 5.76 Å². The summed E-state index contributed by atoms with van der Waals surface area (Å²) in [6.45, 7) is 2.20. The van der Waals surface area contributed by atoms with E-state index in [9.17, 15) is 15.0 Å². The molecule has 0 aromatic heterocycles. The molecule has 2 rings (SSSR count). The van der Waals surface area contributed by atoms with Crippen LogP contribution in [0.2, 0.25) is 0 Å². The first kappa shape index (κ1) is 22.7. The monoisotopic (exact) mass is 456 g/mol. The highest BCUT2D eigenvalue weighted by Crippen LogP contribution is 2.28. The Hall–Kier alpha value is -1.57. The zero-order valence-corrected chi connectivity index (χ0v) is 17.8. The zero-order valence-electron chi connectivity index (χ0n) is 16.2. The van der Waals surface area contributed by atoms with Crippen molar-refractivity contribution < 1.29 is 29.2 Å². The molecule has 1 aromatic carbocycles. The summed E-state index contributed by atoms with van der Waals surface area (Å²) in [4.78, 5) is 12.2. The number of rotatable bonds is 13. The maximum absolute atomic E-state index is 12.2. The summed E-state index contributed by atoms with van der Waals surface area (Å²) in [6.07, 6.45) is 4.29. The molecule has 0 radical (unpaired) electrons. The highest BCUT2D eigenvalue weighted by molar-refractivity contribution is 9.10. The Labute approximate surface area is 174 Å². The molecule has 0 saturated heterocycles. The first-order chi connectivity index (χ1) is 13.6. The lowest BCUT2D eigenvalue weighted by molar-refractivity contribution is -0.148. The molecule has 1 aromatic rings. The van der Waals surface area contributed by atoms with Gasteiger partial charge in [-0.15, -0.1) is 0 Å². The zero-order chi connectivity index (χ0) is 20.4. The average molecular weight is 457 g/mol. The Morgan fingerprint density at radius 1 is 1.11 bits per heavy atom. The number of aliphatic hydroxyl groups excluding tert-OH is 2. The van der Waals surface area contributed by atoms with E-state index in [2.05, 4.69) is 22.9 Å². The van der Waals surface area contributed by atoms with Gasteiger partial charge in [-0.05, 0) is 24.1 Å². The second-order valence-corrected chi connectivity index (χ2v) is 7.72. The van der Waals surface area contributed by atoms with E-state index >= 15 is 0 Å². The van der Waals surface area contributed by atoms with Crippen LogP contribution in [-0.2, 0) is 25.6 Å². The van der Waals surface area contributed by atoms with Gasteiger partial charge < -0.3 is 24.4 Å². The third kappa shape index (κ3) is 6.79. The van der Waals surface area contributed by atoms with E-state index in [1.54, 1.807) is 0 Å². The van der Waals surface area contributed by atoms with E-state index in [-0.39, 0.29) is 18.1 Å². The van der Waals surface area contributed by atoms with Crippen molar-refractivity contribution in [3.63, 3.8) is 0 Å². The molecule has 1 aliphatic heterocycles. The van der Waals surface area contributed by atoms with Crippen LogP contribution >= 0.6 is 15.9 Å². The van der Waals surface area contributed by atoms with Crippen LogP contribution < -0.4 is 0 Å². The summed E-state index contributed by atoms with van der Waals surface area (Å²) in [5.74, 6) is -0.544. The molecule has 0 fully saturated rings. The standard InChI is InChI=1S/C21H29BrO6/c1-2-3-4-5-6-7-12-26-20-19(18(17(24)13-23)28-21(20)25)27-14-15-8-10-16(22)11-9-15/h8-11,17-18,23-24H,2-7,12-14H2,1H3/t17-,18+/m0/s1. The van der Waals surface area contributed by atoms with Gasteiger partial charge in [-0.3, -0.25) is 0 Å². The fraction of sp³-hybridized carbons (Fsp3) is 0.571. The molecule has 0 amide bonds. The minimum absolute atomic E-state index is 0.0110. The Kier molecular flexibility index (Phi) is 9.81. The number of aliphatic hydroxyl groups is 2. The van der Waals surface area contributed by atoms with Crippen LogP contribution in [0.25, 0.3) is 0 Å². The average Bonchev–Trinajstić information content (AvgIpc) is 3.01. The molecular weight excluding hydrogens is 428 g/mol. The SMILES string of the molecule is CCCCCCCCOC1=C(OCc2ccc(Br)cc2)[C@@H]([C@@H](O)CO)OC1=O. The predicted octanol–water partition coefficient (Wildman–Crippen LogP) is 3.83. The number of halogens is 1. The minimum atomic E-state index is -1.26. The molecule has 0 unspecified atom stereocenters. The molecule has 0 spiro atoms. The second kappa shape index (κ2) is 12.1. The summed E-state index contributed by atoms with van der Waals surface area (Å²) in [6, 6.07) is 7.55. The van der Waals surface area contributed by atoms with Crippen molar-refractivity contribution >= 4 is 21.9 Å². The van der Waals surface area contributed by atoms with Gasteiger partial charge in [0.05, 0.1) is 13.2 Å². The number of ether oxygens (including phenoxy) is 3. The lowest BCUT2D eigenvalue weighted by Crippen LogP contribution is -2.32. The molecule has 156 valence electrons. The number of carbonyl (C=O) groups excluding carboxylic acids is 1. The van der Waals surface area contributed by atoms with E-state index < -0.39 is 24.8 Å². The number of cyclic esters (lactones) is 1. The molecule has 2 N–H and O–H groups in total. The highest BCUT2D eigenvalue weighted by Gasteiger charge is 2.41. The minimum Gasteiger partial charge on any atom is -0.485 e. The number of unbranched alkanes of at least 4 members (excludes halogenated alkanes) is 5. The Balaban J connectivity index is 1.98. The van der Waals surface area contributed by atoms with Gasteiger partial charge in [-0.1, -0.05) is 67.1 Å². The largest absolute Gasteiger partial charge is 0.485 e. The van der Waals surface area contributed by atoms with Crippen LogP contribution in [0.4, 0.5) is 0 Å². The molecule has 1 heterocycles. The number of esters is 1. The third-order valence-electron chi connectivity index (χ3n) is 4.49. The summed E-state index contributed by atoms with van der Waals surface area (Å²) in [5, 5.41) is 19.2. The first-order valence-electron chi connectivity index (χ1n) is 9.81. The van der Waals surface area contributed by atoms with Gasteiger partial charge in [-0.2, -0.15) is 0 Å². The fourth-order valence-electron chi connectivity index (χ4n) is 2.88. The fourth-order valence-corrected chi connectivity index (χ4v) is 3.14. The second-order valence-electron chi connectivity index (χ2n) is 6.80. The van der Waals surface area contributed by atoms with Gasteiger partial charge in [-0.25, -0.2) is 4.79 Å². The molecule has 1 aliphatic rings. The van der Waals surface area contributed by atoms with E-state index in [0.29, 0.717) is 6.61 Å². The van der Waals surface area contributed by atoms with E-state index in [4.69, 9.17) is 14.2 Å². The van der Waals surface area contributed by atoms with Crippen LogP contribution in [0, 0.1) is 0 Å². The molecule has 7 heteroatoms. The van der Waals surface area contributed by atoms with Crippen LogP contribution in [0.15, 0.2) is 40.3 Å². The lowest BCUT2D eigenvalue weighted by atomic mass is 10.1. The van der Waals surface area contributed by atoms with E-state index in [0.717, 1.165) is 29.3 Å². The van der Waals surface area contributed by atoms with Crippen LogP contribution in [0.3, 0.4) is 0 Å². The van der Waals surface area contributed by atoms with Gasteiger partial charge in [0.25, 0.3) is 0 Å². The van der Waals surface area contributed by atoms with Gasteiger partial charge in [0.15, 0.2) is 11.9 Å². The normalized spacial score (nSPS) is 17.6. The third-order valence-corrected chi connectivity index (χ3v) is 5.02. The van der Waals surface area contributed by atoms with Gasteiger partial charge in [0.1, 0.15) is 12.7 Å². The maximum atomic E-state index is 12.2. The smallest absolute Gasteiger partial charge is 0.378 e. The van der Waals surface area contributed by atoms with Crippen molar-refractivity contribution in [1.82, 2.24) is 0 Å². The van der Waals surface area contributed by atoms with Crippen LogP contribution in [0.1, 0.15) is 51.0 Å². The van der Waals surface area contributed by atoms with Gasteiger partial charge >= 0.3 is 5.97 Å². The van der Waals surface area contributed by atoms with Crippen molar-refractivity contribution in [2.24, 2.45) is 0 Å². The summed E-state index contributed by atoms with van der Waals surface area (Å²) in [5.41, 5.74) is 0.891. The van der Waals surface area contributed by atoms with E-state index in [1.807, 2.05) is 24.3 Å². The Morgan fingerprint density at radius 3 is 2.46 bits per heavy atom. The summed E-state index contributed by atoms with van der Waals surface area (Å²) in [7, 11) is 0. The molecule has 0 saturated carbocycles. The van der Waals surface area contributed by atoms with Gasteiger partial charge in [0, 0.05) is 4.47 Å². The van der Waals surface area contributed by atoms with Crippen LogP contribution in [-0.4, -0.2) is 41.6 Å².